The molecule has 2 N–H and O–H groups in total. The van der Waals surface area contributed by atoms with E-state index in [0.717, 1.165) is 28.0 Å². The number of para-hydroxylation sites is 1. The van der Waals surface area contributed by atoms with Crippen molar-refractivity contribution in [3.8, 4) is 33.9 Å². The van der Waals surface area contributed by atoms with E-state index in [1.165, 1.54) is 0 Å². The van der Waals surface area contributed by atoms with Gasteiger partial charge in [-0.1, -0.05) is 78.9 Å². The van der Waals surface area contributed by atoms with Gasteiger partial charge in [0, 0.05) is 12.0 Å². The third kappa shape index (κ3) is 6.56. The van der Waals surface area contributed by atoms with Crippen LogP contribution >= 0.6 is 0 Å². The molecule has 0 aliphatic rings. The SMILES string of the molecule is O=C(N[C@@H](Cc1ccc(-c2ccccc2)cc1)C(=O)O)c1cccc(-c2ccc(Oc3ccccc3)cc2)n1. The van der Waals surface area contributed by atoms with Gasteiger partial charge in [0.25, 0.3) is 5.91 Å². The quantitative estimate of drug-likeness (QED) is 0.230. The fourth-order valence-electron chi connectivity index (χ4n) is 4.17. The Morgan fingerprint density at radius 2 is 1.26 bits per heavy atom. The molecule has 192 valence electrons. The molecule has 0 radical (unpaired) electrons. The predicted octanol–water partition coefficient (Wildman–Crippen LogP) is 6.63. The van der Waals surface area contributed by atoms with Crippen molar-refractivity contribution < 1.29 is 19.4 Å². The number of carboxylic acids is 1. The van der Waals surface area contributed by atoms with Crippen LogP contribution in [-0.2, 0) is 11.2 Å². The van der Waals surface area contributed by atoms with Crippen molar-refractivity contribution in [3.63, 3.8) is 0 Å². The summed E-state index contributed by atoms with van der Waals surface area (Å²) in [6.07, 6.45) is 0.151. The summed E-state index contributed by atoms with van der Waals surface area (Å²) in [5, 5.41) is 12.4. The molecule has 1 atom stereocenters. The van der Waals surface area contributed by atoms with Gasteiger partial charge in [0.15, 0.2) is 0 Å². The Labute approximate surface area is 226 Å². The van der Waals surface area contributed by atoms with Crippen molar-refractivity contribution in [2.24, 2.45) is 0 Å². The number of rotatable bonds is 9. The molecule has 1 heterocycles. The van der Waals surface area contributed by atoms with Crippen LogP contribution in [0.4, 0.5) is 0 Å². The van der Waals surface area contributed by atoms with E-state index in [9.17, 15) is 14.7 Å². The van der Waals surface area contributed by atoms with Crippen molar-refractivity contribution in [1.82, 2.24) is 10.3 Å². The minimum absolute atomic E-state index is 0.141. The summed E-state index contributed by atoms with van der Waals surface area (Å²) < 4.78 is 5.83. The van der Waals surface area contributed by atoms with E-state index >= 15 is 0 Å². The molecule has 0 unspecified atom stereocenters. The molecule has 5 rings (SSSR count). The fraction of sp³-hybridized carbons (Fsp3) is 0.0606. The molecule has 0 bridgehead atoms. The number of ether oxygens (including phenoxy) is 1. The smallest absolute Gasteiger partial charge is 0.326 e. The first-order valence-electron chi connectivity index (χ1n) is 12.5. The Morgan fingerprint density at radius 3 is 1.92 bits per heavy atom. The monoisotopic (exact) mass is 514 g/mol. The van der Waals surface area contributed by atoms with E-state index in [4.69, 9.17) is 4.74 Å². The highest BCUT2D eigenvalue weighted by molar-refractivity contribution is 5.95. The Morgan fingerprint density at radius 1 is 0.667 bits per heavy atom. The zero-order valence-corrected chi connectivity index (χ0v) is 21.0. The first kappa shape index (κ1) is 25.4. The summed E-state index contributed by atoms with van der Waals surface area (Å²) in [7, 11) is 0. The van der Waals surface area contributed by atoms with E-state index in [1.807, 2.05) is 109 Å². The molecule has 0 aliphatic carbocycles. The maximum Gasteiger partial charge on any atom is 0.326 e. The van der Waals surface area contributed by atoms with Gasteiger partial charge >= 0.3 is 5.97 Å². The van der Waals surface area contributed by atoms with E-state index < -0.39 is 17.9 Å². The molecule has 0 saturated carbocycles. The molecule has 0 saturated heterocycles. The van der Waals surface area contributed by atoms with Crippen molar-refractivity contribution in [3.05, 3.63) is 139 Å². The number of pyridine rings is 1. The number of carbonyl (C=O) groups is 2. The molecule has 0 spiro atoms. The molecule has 1 aromatic heterocycles. The second-order valence-electron chi connectivity index (χ2n) is 8.98. The standard InChI is InChI=1S/C33H26N2O4/c36-32(35-31(33(37)38)22-23-14-16-25(17-15-23)24-8-3-1-4-9-24)30-13-7-12-29(34-30)26-18-20-28(21-19-26)39-27-10-5-2-6-11-27/h1-21,31H,22H2,(H,35,36)(H,37,38)/t31-/m0/s1. The van der Waals surface area contributed by atoms with Crippen molar-refractivity contribution >= 4 is 11.9 Å². The van der Waals surface area contributed by atoms with Crippen molar-refractivity contribution in [1.29, 1.82) is 0 Å². The van der Waals surface area contributed by atoms with Gasteiger partial charge in [-0.25, -0.2) is 9.78 Å². The number of nitrogens with one attached hydrogen (secondary N) is 1. The first-order valence-corrected chi connectivity index (χ1v) is 12.5. The molecule has 39 heavy (non-hydrogen) atoms. The molecule has 0 aliphatic heterocycles. The van der Waals surface area contributed by atoms with Crippen molar-refractivity contribution in [2.75, 3.05) is 0 Å². The Balaban J connectivity index is 1.25. The van der Waals surface area contributed by atoms with Crippen LogP contribution in [0.25, 0.3) is 22.4 Å². The van der Waals surface area contributed by atoms with E-state index in [0.29, 0.717) is 11.4 Å². The molecular weight excluding hydrogens is 488 g/mol. The van der Waals surface area contributed by atoms with Crippen molar-refractivity contribution in [2.45, 2.75) is 12.5 Å². The number of hydrogen-bond donors (Lipinski definition) is 2. The molecule has 4 aromatic carbocycles. The first-order chi connectivity index (χ1) is 19.0. The van der Waals surface area contributed by atoms with Crippen LogP contribution in [0.15, 0.2) is 127 Å². The fourth-order valence-corrected chi connectivity index (χ4v) is 4.17. The van der Waals surface area contributed by atoms with E-state index in [2.05, 4.69) is 10.3 Å². The summed E-state index contributed by atoms with van der Waals surface area (Å²) in [6, 6.07) is 38.5. The van der Waals surface area contributed by atoms with Gasteiger partial charge in [0.05, 0.1) is 5.69 Å². The van der Waals surface area contributed by atoms with Crippen LogP contribution in [0.2, 0.25) is 0 Å². The van der Waals surface area contributed by atoms with Crippen LogP contribution in [-0.4, -0.2) is 28.0 Å². The largest absolute Gasteiger partial charge is 0.480 e. The highest BCUT2D eigenvalue weighted by Crippen LogP contribution is 2.25. The number of aromatic nitrogens is 1. The average molecular weight is 515 g/mol. The van der Waals surface area contributed by atoms with Crippen LogP contribution in [0.1, 0.15) is 16.1 Å². The Kier molecular flexibility index (Phi) is 7.74. The Hall–Kier alpha value is -5.23. The lowest BCUT2D eigenvalue weighted by atomic mass is 10.0. The van der Waals surface area contributed by atoms with Gasteiger partial charge in [-0.2, -0.15) is 0 Å². The molecule has 0 fully saturated rings. The van der Waals surface area contributed by atoms with Crippen LogP contribution in [0, 0.1) is 0 Å². The number of carboxylic acid groups (broad SMARTS) is 1. The van der Waals surface area contributed by atoms with Gasteiger partial charge < -0.3 is 15.2 Å². The number of amides is 1. The topological polar surface area (TPSA) is 88.5 Å². The molecule has 6 heteroatoms. The zero-order chi connectivity index (χ0) is 27.0. The van der Waals surface area contributed by atoms with Gasteiger partial charge in [-0.05, 0) is 65.2 Å². The number of hydrogen-bond acceptors (Lipinski definition) is 4. The molecule has 1 amide bonds. The number of nitrogens with zero attached hydrogens (tertiary/aromatic N) is 1. The lowest BCUT2D eigenvalue weighted by molar-refractivity contribution is -0.139. The second kappa shape index (κ2) is 11.9. The molecular formula is C33H26N2O4. The summed E-state index contributed by atoms with van der Waals surface area (Å²) in [5.74, 6) is -0.239. The number of aliphatic carboxylic acids is 1. The summed E-state index contributed by atoms with van der Waals surface area (Å²) in [6.45, 7) is 0. The second-order valence-corrected chi connectivity index (χ2v) is 8.98. The minimum atomic E-state index is -1.11. The third-order valence-corrected chi connectivity index (χ3v) is 6.22. The van der Waals surface area contributed by atoms with Gasteiger partial charge in [-0.3, -0.25) is 4.79 Å². The maximum atomic E-state index is 13.0. The highest BCUT2D eigenvalue weighted by atomic mass is 16.5. The van der Waals surface area contributed by atoms with Crippen LogP contribution in [0.3, 0.4) is 0 Å². The van der Waals surface area contributed by atoms with Crippen LogP contribution < -0.4 is 10.1 Å². The Bertz CT molecular complexity index is 1550. The van der Waals surface area contributed by atoms with E-state index in [1.54, 1.807) is 18.2 Å². The summed E-state index contributed by atoms with van der Waals surface area (Å²) in [5.41, 5.74) is 4.47. The van der Waals surface area contributed by atoms with Gasteiger partial charge in [0.1, 0.15) is 23.2 Å². The van der Waals surface area contributed by atoms with Gasteiger partial charge in [0.2, 0.25) is 0 Å². The third-order valence-electron chi connectivity index (χ3n) is 6.22. The number of benzene rings is 4. The predicted molar refractivity (Wildman–Crippen MR) is 151 cm³/mol. The lowest BCUT2D eigenvalue weighted by Gasteiger charge is -2.15. The lowest BCUT2D eigenvalue weighted by Crippen LogP contribution is -2.42. The molecule has 5 aromatic rings. The summed E-state index contributed by atoms with van der Waals surface area (Å²) in [4.78, 5) is 29.4. The zero-order valence-electron chi connectivity index (χ0n) is 21.0. The maximum absolute atomic E-state index is 13.0. The number of carbonyl (C=O) groups excluding carboxylic acids is 1. The molecule has 6 nitrogen and oxygen atoms in total. The van der Waals surface area contributed by atoms with E-state index in [-0.39, 0.29) is 12.1 Å². The minimum Gasteiger partial charge on any atom is -0.480 e. The normalized spacial score (nSPS) is 11.4. The highest BCUT2D eigenvalue weighted by Gasteiger charge is 2.22. The average Bonchev–Trinajstić information content (AvgIpc) is 2.98. The summed E-state index contributed by atoms with van der Waals surface area (Å²) >= 11 is 0. The van der Waals surface area contributed by atoms with Crippen LogP contribution in [0.5, 0.6) is 11.5 Å². The van der Waals surface area contributed by atoms with Gasteiger partial charge in [-0.15, -0.1) is 0 Å².